The maximum absolute atomic E-state index is 3.56. The topological polar surface area (TPSA) is 0 Å². The Bertz CT molecular complexity index is 1260. The van der Waals surface area contributed by atoms with E-state index in [4.69, 9.17) is 0 Å². The van der Waals surface area contributed by atoms with Gasteiger partial charge in [0.1, 0.15) is 0 Å². The van der Waals surface area contributed by atoms with E-state index in [2.05, 4.69) is 120 Å². The Morgan fingerprint density at radius 1 is 0.517 bits per heavy atom. The average Bonchev–Trinajstić information content (AvgIpc) is 2.78. The molecule has 0 aliphatic rings. The molecule has 29 heavy (non-hydrogen) atoms. The van der Waals surface area contributed by atoms with Gasteiger partial charge in [0, 0.05) is 5.33 Å². The molecule has 0 saturated carbocycles. The monoisotopic (exact) mass is 436 g/mol. The summed E-state index contributed by atoms with van der Waals surface area (Å²) in [5.41, 5.74) is 7.73. The van der Waals surface area contributed by atoms with Gasteiger partial charge in [-0.25, -0.2) is 0 Å². The Hall–Kier alpha value is -2.90. The molecular formula is C28H21Br. The normalized spacial score (nSPS) is 11.2. The van der Waals surface area contributed by atoms with Crippen molar-refractivity contribution in [3.63, 3.8) is 0 Å². The van der Waals surface area contributed by atoms with Crippen LogP contribution in [0.3, 0.4) is 0 Å². The SMILES string of the molecule is Cc1ccc(-c2c3ccccc3c(-c3ccc(CBr)cc3)c3ccccc23)cc1. The van der Waals surface area contributed by atoms with Crippen molar-refractivity contribution in [1.29, 1.82) is 0 Å². The maximum atomic E-state index is 3.56. The van der Waals surface area contributed by atoms with Crippen molar-refractivity contribution in [2.24, 2.45) is 0 Å². The molecule has 0 amide bonds. The second kappa shape index (κ2) is 7.50. The summed E-state index contributed by atoms with van der Waals surface area (Å²) in [6.45, 7) is 2.14. The molecule has 0 nitrogen and oxygen atoms in total. The minimum atomic E-state index is 0.876. The summed E-state index contributed by atoms with van der Waals surface area (Å²) in [6.07, 6.45) is 0. The van der Waals surface area contributed by atoms with Gasteiger partial charge in [0.25, 0.3) is 0 Å². The van der Waals surface area contributed by atoms with Crippen molar-refractivity contribution >= 4 is 37.5 Å². The van der Waals surface area contributed by atoms with Crippen molar-refractivity contribution in [2.75, 3.05) is 0 Å². The predicted octanol–water partition coefficient (Wildman–Crippen LogP) is 8.53. The van der Waals surface area contributed by atoms with Gasteiger partial charge in [-0.2, -0.15) is 0 Å². The van der Waals surface area contributed by atoms with Crippen molar-refractivity contribution in [2.45, 2.75) is 12.3 Å². The van der Waals surface area contributed by atoms with Crippen LogP contribution in [0.2, 0.25) is 0 Å². The lowest BCUT2D eigenvalue weighted by Gasteiger charge is -2.18. The zero-order chi connectivity index (χ0) is 19.8. The van der Waals surface area contributed by atoms with E-state index in [0.29, 0.717) is 0 Å². The summed E-state index contributed by atoms with van der Waals surface area (Å²) in [5.74, 6) is 0. The zero-order valence-corrected chi connectivity index (χ0v) is 17.9. The van der Waals surface area contributed by atoms with Gasteiger partial charge in [-0.05, 0) is 56.3 Å². The molecule has 5 aromatic carbocycles. The number of benzene rings is 5. The number of fused-ring (bicyclic) bond motifs is 2. The van der Waals surface area contributed by atoms with Gasteiger partial charge in [-0.15, -0.1) is 0 Å². The highest BCUT2D eigenvalue weighted by molar-refractivity contribution is 9.08. The molecule has 0 fully saturated rings. The van der Waals surface area contributed by atoms with Crippen molar-refractivity contribution in [3.8, 4) is 22.3 Å². The second-order valence-electron chi connectivity index (χ2n) is 7.54. The maximum Gasteiger partial charge on any atom is 0.0283 e. The number of hydrogen-bond donors (Lipinski definition) is 0. The lowest BCUT2D eigenvalue weighted by molar-refractivity contribution is 1.44. The third-order valence-electron chi connectivity index (χ3n) is 5.67. The first-order valence-electron chi connectivity index (χ1n) is 9.92. The minimum Gasteiger partial charge on any atom is -0.0876 e. The van der Waals surface area contributed by atoms with E-state index in [1.54, 1.807) is 0 Å². The van der Waals surface area contributed by atoms with E-state index < -0.39 is 0 Å². The molecule has 5 rings (SSSR count). The first-order valence-corrected chi connectivity index (χ1v) is 11.0. The molecule has 140 valence electrons. The Kier molecular flexibility index (Phi) is 4.69. The van der Waals surface area contributed by atoms with Gasteiger partial charge < -0.3 is 0 Å². The Morgan fingerprint density at radius 3 is 1.28 bits per heavy atom. The molecule has 0 saturated heterocycles. The van der Waals surface area contributed by atoms with Crippen LogP contribution in [0.4, 0.5) is 0 Å². The molecule has 0 spiro atoms. The molecule has 0 aliphatic heterocycles. The van der Waals surface area contributed by atoms with Gasteiger partial charge in [0.15, 0.2) is 0 Å². The standard InChI is InChI=1S/C28H21Br/c1-19-10-14-21(15-11-19)27-23-6-2-4-8-25(23)28(26-9-5-3-7-24(26)27)22-16-12-20(18-29)13-17-22/h2-17H,18H2,1H3. The van der Waals surface area contributed by atoms with Crippen LogP contribution in [0.15, 0.2) is 97.1 Å². The van der Waals surface area contributed by atoms with Gasteiger partial charge in [0.2, 0.25) is 0 Å². The highest BCUT2D eigenvalue weighted by Gasteiger charge is 2.16. The van der Waals surface area contributed by atoms with E-state index in [9.17, 15) is 0 Å². The largest absolute Gasteiger partial charge is 0.0876 e. The molecule has 0 unspecified atom stereocenters. The van der Waals surface area contributed by atoms with Crippen LogP contribution in [-0.4, -0.2) is 0 Å². The number of halogens is 1. The van der Waals surface area contributed by atoms with Crippen LogP contribution >= 0.6 is 15.9 Å². The Morgan fingerprint density at radius 2 is 0.897 bits per heavy atom. The number of alkyl halides is 1. The first-order chi connectivity index (χ1) is 14.3. The van der Waals surface area contributed by atoms with Gasteiger partial charge in [0.05, 0.1) is 0 Å². The average molecular weight is 437 g/mol. The number of rotatable bonds is 3. The van der Waals surface area contributed by atoms with Crippen LogP contribution in [0.5, 0.6) is 0 Å². The van der Waals surface area contributed by atoms with E-state index >= 15 is 0 Å². The van der Waals surface area contributed by atoms with Crippen LogP contribution in [-0.2, 0) is 5.33 Å². The third kappa shape index (κ3) is 3.16. The Balaban J connectivity index is 1.92. The molecule has 0 N–H and O–H groups in total. The molecule has 1 heteroatoms. The summed E-state index contributed by atoms with van der Waals surface area (Å²) in [6, 6.07) is 35.4. The first kappa shape index (κ1) is 18.1. The molecule has 5 aromatic rings. The lowest BCUT2D eigenvalue weighted by atomic mass is 9.86. The van der Waals surface area contributed by atoms with Crippen LogP contribution in [0.25, 0.3) is 43.8 Å². The highest BCUT2D eigenvalue weighted by Crippen LogP contribution is 2.43. The van der Waals surface area contributed by atoms with E-state index in [1.807, 2.05) is 0 Å². The predicted molar refractivity (Wildman–Crippen MR) is 130 cm³/mol. The fraction of sp³-hybridized carbons (Fsp3) is 0.0714. The zero-order valence-electron chi connectivity index (χ0n) is 16.3. The molecule has 0 atom stereocenters. The minimum absolute atomic E-state index is 0.876. The number of aryl methyl sites for hydroxylation is 1. The highest BCUT2D eigenvalue weighted by atomic mass is 79.9. The molecule has 0 heterocycles. The smallest absolute Gasteiger partial charge is 0.0283 e. The van der Waals surface area contributed by atoms with Gasteiger partial charge in [-0.1, -0.05) is 119 Å². The summed E-state index contributed by atoms with van der Waals surface area (Å²) in [5, 5.41) is 6.08. The molecule has 0 aromatic heterocycles. The fourth-order valence-electron chi connectivity index (χ4n) is 4.23. The fourth-order valence-corrected chi connectivity index (χ4v) is 4.60. The van der Waals surface area contributed by atoms with Gasteiger partial charge >= 0.3 is 0 Å². The van der Waals surface area contributed by atoms with Crippen LogP contribution in [0, 0.1) is 6.92 Å². The lowest BCUT2D eigenvalue weighted by Crippen LogP contribution is -1.91. The quantitative estimate of drug-likeness (QED) is 0.196. The summed E-state index contributed by atoms with van der Waals surface area (Å²) >= 11 is 3.56. The molecular weight excluding hydrogens is 416 g/mol. The Labute approximate surface area is 180 Å². The van der Waals surface area contributed by atoms with Crippen molar-refractivity contribution < 1.29 is 0 Å². The second-order valence-corrected chi connectivity index (χ2v) is 8.10. The van der Waals surface area contributed by atoms with E-state index in [-0.39, 0.29) is 0 Å². The molecule has 0 bridgehead atoms. The molecule has 0 radical (unpaired) electrons. The van der Waals surface area contributed by atoms with Crippen LogP contribution < -0.4 is 0 Å². The van der Waals surface area contributed by atoms with E-state index in [1.165, 1.54) is 54.9 Å². The van der Waals surface area contributed by atoms with Crippen LogP contribution in [0.1, 0.15) is 11.1 Å². The van der Waals surface area contributed by atoms with Crippen molar-refractivity contribution in [3.05, 3.63) is 108 Å². The summed E-state index contributed by atoms with van der Waals surface area (Å²) in [4.78, 5) is 0. The summed E-state index contributed by atoms with van der Waals surface area (Å²) < 4.78 is 0. The number of hydrogen-bond acceptors (Lipinski definition) is 0. The summed E-state index contributed by atoms with van der Waals surface area (Å²) in [7, 11) is 0. The molecule has 0 aliphatic carbocycles. The third-order valence-corrected chi connectivity index (χ3v) is 6.32. The van der Waals surface area contributed by atoms with E-state index in [0.717, 1.165) is 5.33 Å². The van der Waals surface area contributed by atoms with Gasteiger partial charge in [-0.3, -0.25) is 0 Å². The van der Waals surface area contributed by atoms with Crippen molar-refractivity contribution in [1.82, 2.24) is 0 Å².